The van der Waals surface area contributed by atoms with Gasteiger partial charge in [-0.1, -0.05) is 54.1 Å². The summed E-state index contributed by atoms with van der Waals surface area (Å²) in [6, 6.07) is 25.8. The Morgan fingerprint density at radius 3 is 1.70 bits per heavy atom. The van der Waals surface area contributed by atoms with Gasteiger partial charge in [-0.05, 0) is 42.3 Å². The zero-order valence-corrected chi connectivity index (χ0v) is 14.2. The number of hydrogen-bond acceptors (Lipinski definition) is 1. The minimum Gasteiger partial charge on any atom is -0.300 e. The number of aryl methyl sites for hydroxylation is 1. The molecule has 1 nitrogen and oxygen atoms in total. The van der Waals surface area contributed by atoms with Crippen molar-refractivity contribution in [1.82, 2.24) is 0 Å². The van der Waals surface area contributed by atoms with Crippen LogP contribution in [0.4, 0.5) is 0 Å². The smallest absolute Gasteiger partial charge is 0.0706 e. The highest BCUT2D eigenvalue weighted by atomic mass is 32.3. The molecule has 4 rings (SSSR count). The van der Waals surface area contributed by atoms with Gasteiger partial charge in [0.25, 0.3) is 0 Å². The summed E-state index contributed by atoms with van der Waals surface area (Å²) < 4.78 is 0. The number of fused-ring (bicyclic) bond motifs is 2. The van der Waals surface area contributed by atoms with E-state index < -0.39 is 10.0 Å². The zero-order valence-electron chi connectivity index (χ0n) is 13.3. The van der Waals surface area contributed by atoms with Crippen LogP contribution in [0, 0.1) is 12.3 Å². The lowest BCUT2D eigenvalue weighted by Gasteiger charge is -2.43. The molecule has 0 fully saturated rings. The molecule has 0 bridgehead atoms. The van der Waals surface area contributed by atoms with E-state index in [4.69, 9.17) is 5.41 Å². The quantitative estimate of drug-likeness (QED) is 0.601. The van der Waals surface area contributed by atoms with Gasteiger partial charge in [-0.15, -0.1) is 0 Å². The molecule has 3 aromatic carbocycles. The fraction of sp³-hybridized carbons (Fsp3) is 0.0952. The van der Waals surface area contributed by atoms with E-state index in [-0.39, 0.29) is 0 Å². The second-order valence-electron chi connectivity index (χ2n) is 6.10. The first kappa shape index (κ1) is 14.3. The molecule has 1 heterocycles. The molecule has 0 saturated carbocycles. The zero-order chi connectivity index (χ0) is 16.0. The van der Waals surface area contributed by atoms with Crippen LogP contribution in [0.15, 0.2) is 87.5 Å². The number of nitrogens with one attached hydrogen (secondary N) is 1. The van der Waals surface area contributed by atoms with Crippen LogP contribution in [-0.4, -0.2) is 12.0 Å². The first-order valence-electron chi connectivity index (χ1n) is 7.75. The van der Waals surface area contributed by atoms with E-state index in [2.05, 4.69) is 73.8 Å². The maximum absolute atomic E-state index is 8.64. The Balaban J connectivity index is 2.09. The van der Waals surface area contributed by atoms with Gasteiger partial charge < -0.3 is 0 Å². The van der Waals surface area contributed by atoms with E-state index in [9.17, 15) is 0 Å². The highest BCUT2D eigenvalue weighted by Crippen LogP contribution is 2.69. The maximum atomic E-state index is 8.64. The molecular weight excluding hydrogens is 298 g/mol. The van der Waals surface area contributed by atoms with E-state index in [0.717, 1.165) is 11.1 Å². The summed E-state index contributed by atoms with van der Waals surface area (Å²) in [5.41, 5.74) is 4.07. The molecule has 0 aromatic heterocycles. The van der Waals surface area contributed by atoms with E-state index in [0.29, 0.717) is 5.71 Å². The molecule has 0 spiro atoms. The fourth-order valence-electron chi connectivity index (χ4n) is 3.39. The summed E-state index contributed by atoms with van der Waals surface area (Å²) in [6.45, 7) is 2.12. The average Bonchev–Trinajstić information content (AvgIpc) is 2.60. The molecule has 3 aromatic rings. The summed E-state index contributed by atoms with van der Waals surface area (Å²) >= 11 is 0. The Hall–Kier alpha value is -2.32. The highest BCUT2D eigenvalue weighted by molar-refractivity contribution is 8.33. The Morgan fingerprint density at radius 1 is 0.696 bits per heavy atom. The van der Waals surface area contributed by atoms with Gasteiger partial charge in [0.2, 0.25) is 0 Å². The highest BCUT2D eigenvalue weighted by Gasteiger charge is 2.35. The topological polar surface area (TPSA) is 23.9 Å². The van der Waals surface area contributed by atoms with Crippen molar-refractivity contribution in [2.45, 2.75) is 21.6 Å². The van der Waals surface area contributed by atoms with Crippen molar-refractivity contribution in [3.63, 3.8) is 0 Å². The SMILES string of the molecule is Cc1ccc(S2(C)c3ccccc3C(=N)c3ccccc32)cc1. The van der Waals surface area contributed by atoms with Gasteiger partial charge in [-0.2, -0.15) is 10.0 Å². The predicted octanol–water partition coefficient (Wildman–Crippen LogP) is 5.64. The molecule has 1 N–H and O–H groups in total. The molecule has 1 aliphatic heterocycles. The first-order chi connectivity index (χ1) is 11.1. The van der Waals surface area contributed by atoms with Crippen molar-refractivity contribution >= 4 is 15.7 Å². The number of hydrogen-bond donors (Lipinski definition) is 1. The molecule has 114 valence electrons. The average molecular weight is 317 g/mol. The third-order valence-electron chi connectivity index (χ3n) is 4.68. The molecular formula is C21H19NS. The van der Waals surface area contributed by atoms with Crippen molar-refractivity contribution in [2.24, 2.45) is 0 Å². The van der Waals surface area contributed by atoms with Crippen molar-refractivity contribution < 1.29 is 0 Å². The summed E-state index contributed by atoms with van der Waals surface area (Å²) in [5, 5.41) is 8.64. The molecule has 23 heavy (non-hydrogen) atoms. The standard InChI is InChI=1S/C21H19NS/c1-15-11-13-16(14-12-15)23(2)19-9-5-3-7-17(19)21(22)18-8-4-6-10-20(18)23/h3-14,22H,1-2H3. The van der Waals surface area contributed by atoms with E-state index in [1.54, 1.807) is 0 Å². The predicted molar refractivity (Wildman–Crippen MR) is 98.3 cm³/mol. The first-order valence-corrected chi connectivity index (χ1v) is 9.79. The van der Waals surface area contributed by atoms with Gasteiger partial charge in [0.05, 0.1) is 5.71 Å². The van der Waals surface area contributed by atoms with Gasteiger partial charge >= 0.3 is 0 Å². The third kappa shape index (κ3) is 1.98. The fourth-order valence-corrected chi connectivity index (χ4v) is 6.73. The Bertz CT molecular complexity index is 860. The molecule has 0 unspecified atom stereocenters. The van der Waals surface area contributed by atoms with Gasteiger partial charge in [0.1, 0.15) is 0 Å². The summed E-state index contributed by atoms with van der Waals surface area (Å²) in [5.74, 6) is 0. The maximum Gasteiger partial charge on any atom is 0.0706 e. The van der Waals surface area contributed by atoms with Gasteiger partial charge in [-0.25, -0.2) is 0 Å². The Labute approximate surface area is 138 Å². The van der Waals surface area contributed by atoms with Crippen LogP contribution in [-0.2, 0) is 0 Å². The summed E-state index contributed by atoms with van der Waals surface area (Å²) in [4.78, 5) is 3.95. The van der Waals surface area contributed by atoms with Gasteiger partial charge in [0, 0.05) is 20.9 Å². The van der Waals surface area contributed by atoms with Gasteiger partial charge in [-0.3, -0.25) is 5.41 Å². The lowest BCUT2D eigenvalue weighted by Crippen LogP contribution is -2.18. The number of rotatable bonds is 1. The Morgan fingerprint density at radius 2 is 1.17 bits per heavy atom. The van der Waals surface area contributed by atoms with Crippen LogP contribution >= 0.6 is 10.0 Å². The summed E-state index contributed by atoms with van der Waals surface area (Å²) in [6.07, 6.45) is 2.36. The minimum absolute atomic E-state index is 0.647. The number of benzene rings is 3. The molecule has 0 aliphatic carbocycles. The normalized spacial score (nSPS) is 21.9. The van der Waals surface area contributed by atoms with E-state index >= 15 is 0 Å². The molecule has 1 aliphatic rings. The van der Waals surface area contributed by atoms with Crippen molar-refractivity contribution in [3.05, 3.63) is 89.5 Å². The van der Waals surface area contributed by atoms with E-state index in [1.165, 1.54) is 20.2 Å². The molecule has 0 amide bonds. The molecule has 0 saturated heterocycles. The molecule has 2 heteroatoms. The largest absolute Gasteiger partial charge is 0.300 e. The lowest BCUT2D eigenvalue weighted by molar-refractivity contribution is 1.22. The second kappa shape index (κ2) is 5.10. The van der Waals surface area contributed by atoms with Crippen LogP contribution in [0.2, 0.25) is 0 Å². The van der Waals surface area contributed by atoms with Crippen LogP contribution in [0.3, 0.4) is 0 Å². The van der Waals surface area contributed by atoms with Crippen LogP contribution in [0.1, 0.15) is 16.7 Å². The van der Waals surface area contributed by atoms with Gasteiger partial charge in [0.15, 0.2) is 0 Å². The van der Waals surface area contributed by atoms with Crippen molar-refractivity contribution in [1.29, 1.82) is 5.41 Å². The van der Waals surface area contributed by atoms with Crippen LogP contribution < -0.4 is 0 Å². The monoisotopic (exact) mass is 317 g/mol. The minimum atomic E-state index is -1.33. The molecule has 0 radical (unpaired) electrons. The van der Waals surface area contributed by atoms with Crippen molar-refractivity contribution in [2.75, 3.05) is 6.26 Å². The van der Waals surface area contributed by atoms with Crippen molar-refractivity contribution in [3.8, 4) is 0 Å². The second-order valence-corrected chi connectivity index (χ2v) is 9.29. The Kier molecular flexibility index (Phi) is 3.17. The third-order valence-corrected chi connectivity index (χ3v) is 8.37. The van der Waals surface area contributed by atoms with Crippen LogP contribution in [0.25, 0.3) is 0 Å². The summed E-state index contributed by atoms with van der Waals surface area (Å²) in [7, 11) is -1.33. The lowest BCUT2D eigenvalue weighted by atomic mass is 10.0. The molecule has 0 atom stereocenters. The van der Waals surface area contributed by atoms with E-state index in [1.807, 2.05) is 12.1 Å². The van der Waals surface area contributed by atoms with Crippen LogP contribution in [0.5, 0.6) is 0 Å².